The smallest absolute Gasteiger partial charge is 0.231 e. The van der Waals surface area contributed by atoms with E-state index in [9.17, 15) is 0 Å². The van der Waals surface area contributed by atoms with Crippen molar-refractivity contribution in [3.05, 3.63) is 52.5 Å². The third-order valence-corrected chi connectivity index (χ3v) is 4.68. The van der Waals surface area contributed by atoms with Crippen LogP contribution in [0, 0.1) is 0 Å². The summed E-state index contributed by atoms with van der Waals surface area (Å²) in [7, 11) is 0. The average Bonchev–Trinajstić information content (AvgIpc) is 3.23. The molecule has 0 spiro atoms. The molecule has 2 heterocycles. The minimum Gasteiger partial charge on any atom is -0.454 e. The van der Waals surface area contributed by atoms with Crippen LogP contribution in [0.1, 0.15) is 5.56 Å². The molecule has 2 aromatic carbocycles. The van der Waals surface area contributed by atoms with Crippen LogP contribution in [0.2, 0.25) is 0 Å². The van der Waals surface area contributed by atoms with E-state index in [-0.39, 0.29) is 6.79 Å². The van der Waals surface area contributed by atoms with Gasteiger partial charge in [0.1, 0.15) is 5.01 Å². The molecule has 1 aliphatic rings. The Balaban J connectivity index is 1.58. The van der Waals surface area contributed by atoms with Crippen LogP contribution >= 0.6 is 27.3 Å². The van der Waals surface area contributed by atoms with Gasteiger partial charge in [-0.2, -0.15) is 0 Å². The SMILES string of the molecule is Brc1cc(/C=N/c2nnc(-c3ccccc3)s2)cc2c1OCO2. The predicted molar refractivity (Wildman–Crippen MR) is 92.9 cm³/mol. The van der Waals surface area contributed by atoms with Crippen LogP contribution in [-0.2, 0) is 0 Å². The van der Waals surface area contributed by atoms with Crippen molar-refractivity contribution in [1.29, 1.82) is 0 Å². The molecule has 0 amide bonds. The maximum Gasteiger partial charge on any atom is 0.231 e. The highest BCUT2D eigenvalue weighted by atomic mass is 79.9. The summed E-state index contributed by atoms with van der Waals surface area (Å²) < 4.78 is 11.6. The Morgan fingerprint density at radius 2 is 2.00 bits per heavy atom. The first-order valence-corrected chi connectivity index (χ1v) is 8.43. The van der Waals surface area contributed by atoms with E-state index in [1.165, 1.54) is 11.3 Å². The van der Waals surface area contributed by atoms with Crippen LogP contribution in [0.15, 0.2) is 51.9 Å². The normalized spacial score (nSPS) is 12.9. The Bertz CT molecular complexity index is 880. The molecule has 0 radical (unpaired) electrons. The fourth-order valence-corrected chi connectivity index (χ4v) is 3.43. The molecule has 0 saturated carbocycles. The summed E-state index contributed by atoms with van der Waals surface area (Å²) in [5.41, 5.74) is 1.94. The molecule has 4 rings (SSSR count). The lowest BCUT2D eigenvalue weighted by Crippen LogP contribution is -1.93. The first-order valence-electron chi connectivity index (χ1n) is 6.82. The van der Waals surface area contributed by atoms with Crippen molar-refractivity contribution in [2.75, 3.05) is 6.79 Å². The molecule has 0 fully saturated rings. The molecule has 0 atom stereocenters. The molecule has 114 valence electrons. The number of aliphatic imine (C=N–C) groups is 1. The van der Waals surface area contributed by atoms with Gasteiger partial charge in [-0.15, -0.1) is 10.2 Å². The highest BCUT2D eigenvalue weighted by molar-refractivity contribution is 9.10. The Hall–Kier alpha value is -2.25. The first kappa shape index (κ1) is 14.3. The van der Waals surface area contributed by atoms with E-state index < -0.39 is 0 Å². The minimum atomic E-state index is 0.241. The lowest BCUT2D eigenvalue weighted by molar-refractivity contribution is 0.173. The van der Waals surface area contributed by atoms with Crippen molar-refractivity contribution in [2.45, 2.75) is 0 Å². The Kier molecular flexibility index (Phi) is 3.80. The summed E-state index contributed by atoms with van der Waals surface area (Å²) >= 11 is 4.91. The summed E-state index contributed by atoms with van der Waals surface area (Å²) in [5.74, 6) is 1.44. The number of halogens is 1. The van der Waals surface area contributed by atoms with Gasteiger partial charge in [0.05, 0.1) is 4.47 Å². The molecule has 7 heteroatoms. The summed E-state index contributed by atoms with van der Waals surface area (Å²) in [4.78, 5) is 4.39. The second kappa shape index (κ2) is 6.10. The Labute approximate surface area is 144 Å². The van der Waals surface area contributed by atoms with Gasteiger partial charge >= 0.3 is 0 Å². The highest BCUT2D eigenvalue weighted by Crippen LogP contribution is 2.39. The summed E-state index contributed by atoms with van der Waals surface area (Å²) in [6.45, 7) is 0.241. The molecule has 0 N–H and O–H groups in total. The number of hydrogen-bond acceptors (Lipinski definition) is 6. The van der Waals surface area contributed by atoms with Gasteiger partial charge in [-0.25, -0.2) is 4.99 Å². The lowest BCUT2D eigenvalue weighted by Gasteiger charge is -2.00. The van der Waals surface area contributed by atoms with Gasteiger partial charge in [-0.3, -0.25) is 0 Å². The van der Waals surface area contributed by atoms with E-state index in [2.05, 4.69) is 31.1 Å². The zero-order valence-corrected chi connectivity index (χ0v) is 14.2. The van der Waals surface area contributed by atoms with Crippen molar-refractivity contribution >= 4 is 38.6 Å². The lowest BCUT2D eigenvalue weighted by atomic mass is 10.2. The van der Waals surface area contributed by atoms with Crippen molar-refractivity contribution < 1.29 is 9.47 Å². The van der Waals surface area contributed by atoms with Crippen molar-refractivity contribution in [3.8, 4) is 22.1 Å². The van der Waals surface area contributed by atoms with Crippen LogP contribution in [-0.4, -0.2) is 23.2 Å². The van der Waals surface area contributed by atoms with Gasteiger partial charge in [0, 0.05) is 11.8 Å². The number of fused-ring (bicyclic) bond motifs is 1. The highest BCUT2D eigenvalue weighted by Gasteiger charge is 2.17. The van der Waals surface area contributed by atoms with Gasteiger partial charge in [0.25, 0.3) is 0 Å². The molecular formula is C16H10BrN3O2S. The molecule has 23 heavy (non-hydrogen) atoms. The van der Waals surface area contributed by atoms with E-state index >= 15 is 0 Å². The second-order valence-corrected chi connectivity index (χ2v) is 6.56. The number of aromatic nitrogens is 2. The van der Waals surface area contributed by atoms with E-state index in [4.69, 9.17) is 9.47 Å². The minimum absolute atomic E-state index is 0.241. The number of ether oxygens (including phenoxy) is 2. The Morgan fingerprint density at radius 3 is 2.87 bits per heavy atom. The Morgan fingerprint density at radius 1 is 1.13 bits per heavy atom. The molecule has 0 unspecified atom stereocenters. The molecule has 5 nitrogen and oxygen atoms in total. The fourth-order valence-electron chi connectivity index (χ4n) is 2.16. The van der Waals surface area contributed by atoms with Crippen LogP contribution in [0.4, 0.5) is 5.13 Å². The van der Waals surface area contributed by atoms with Crippen molar-refractivity contribution in [3.63, 3.8) is 0 Å². The molecule has 1 aliphatic heterocycles. The largest absolute Gasteiger partial charge is 0.454 e. The van der Waals surface area contributed by atoms with E-state index in [1.807, 2.05) is 42.5 Å². The zero-order chi connectivity index (χ0) is 15.6. The van der Waals surface area contributed by atoms with Crippen LogP contribution < -0.4 is 9.47 Å². The third-order valence-electron chi connectivity index (χ3n) is 3.21. The third kappa shape index (κ3) is 2.97. The number of rotatable bonds is 3. The molecular weight excluding hydrogens is 378 g/mol. The van der Waals surface area contributed by atoms with Crippen molar-refractivity contribution in [1.82, 2.24) is 10.2 Å². The zero-order valence-electron chi connectivity index (χ0n) is 11.8. The molecule has 0 bridgehead atoms. The van der Waals surface area contributed by atoms with E-state index in [1.54, 1.807) is 6.21 Å². The number of hydrogen-bond donors (Lipinski definition) is 0. The van der Waals surface area contributed by atoms with Crippen LogP contribution in [0.3, 0.4) is 0 Å². The van der Waals surface area contributed by atoms with E-state index in [0.29, 0.717) is 10.9 Å². The monoisotopic (exact) mass is 387 g/mol. The van der Waals surface area contributed by atoms with Crippen LogP contribution in [0.25, 0.3) is 10.6 Å². The van der Waals surface area contributed by atoms with Crippen molar-refractivity contribution in [2.24, 2.45) is 4.99 Å². The van der Waals surface area contributed by atoms with Crippen LogP contribution in [0.5, 0.6) is 11.5 Å². The number of nitrogens with zero attached hydrogens (tertiary/aromatic N) is 3. The fraction of sp³-hybridized carbons (Fsp3) is 0.0625. The molecule has 0 aliphatic carbocycles. The van der Waals surface area contributed by atoms with Gasteiger partial charge in [-0.1, -0.05) is 41.7 Å². The molecule has 1 aromatic heterocycles. The molecule has 3 aromatic rings. The number of benzene rings is 2. The summed E-state index contributed by atoms with van der Waals surface area (Å²) in [6.07, 6.45) is 1.74. The van der Waals surface area contributed by atoms with Gasteiger partial charge < -0.3 is 9.47 Å². The van der Waals surface area contributed by atoms with Gasteiger partial charge in [0.15, 0.2) is 11.5 Å². The predicted octanol–water partition coefficient (Wildman–Crippen LogP) is 4.45. The second-order valence-electron chi connectivity index (χ2n) is 4.75. The maximum absolute atomic E-state index is 5.39. The first-order chi connectivity index (χ1) is 11.3. The quantitative estimate of drug-likeness (QED) is 0.623. The maximum atomic E-state index is 5.39. The van der Waals surface area contributed by atoms with Gasteiger partial charge in [-0.05, 0) is 33.6 Å². The molecule has 0 saturated heterocycles. The average molecular weight is 388 g/mol. The topological polar surface area (TPSA) is 56.6 Å². The summed E-state index contributed by atoms with van der Waals surface area (Å²) in [6, 6.07) is 13.7. The van der Waals surface area contributed by atoms with Gasteiger partial charge in [0.2, 0.25) is 11.9 Å². The standard InChI is InChI=1S/C16H10BrN3O2S/c17-12-6-10(7-13-14(12)22-9-21-13)8-18-16-20-19-15(23-16)11-4-2-1-3-5-11/h1-8H,9H2/b18-8+. The summed E-state index contributed by atoms with van der Waals surface area (Å²) in [5, 5.41) is 9.74. The van der Waals surface area contributed by atoms with E-state index in [0.717, 1.165) is 26.4 Å².